The summed E-state index contributed by atoms with van der Waals surface area (Å²) in [7, 11) is 0. The van der Waals surface area contributed by atoms with Gasteiger partial charge in [-0.05, 0) is 24.6 Å². The third kappa shape index (κ3) is 3.71. The Labute approximate surface area is 109 Å². The number of nitrogens with one attached hydrogen (secondary N) is 2. The molecule has 3 N–H and O–H groups in total. The second kappa shape index (κ2) is 5.63. The van der Waals surface area contributed by atoms with Crippen molar-refractivity contribution >= 4 is 5.91 Å². The summed E-state index contributed by atoms with van der Waals surface area (Å²) in [5.41, 5.74) is -0.799. The van der Waals surface area contributed by atoms with Crippen LogP contribution in [-0.2, 0) is 11.2 Å². The van der Waals surface area contributed by atoms with Gasteiger partial charge in [-0.15, -0.1) is 0 Å². The number of aliphatic hydroxyl groups is 1. The molecule has 0 aliphatic carbocycles. The Balaban J connectivity index is 1.87. The molecule has 1 aromatic rings. The minimum absolute atomic E-state index is 0.127. The maximum atomic E-state index is 13.3. The second-order valence-corrected chi connectivity index (χ2v) is 4.84. The molecular formula is C13H16F2N2O2. The van der Waals surface area contributed by atoms with Crippen molar-refractivity contribution in [3.8, 4) is 0 Å². The second-order valence-electron chi connectivity index (χ2n) is 4.84. The fourth-order valence-corrected chi connectivity index (χ4v) is 2.05. The van der Waals surface area contributed by atoms with Gasteiger partial charge in [-0.1, -0.05) is 6.07 Å². The Hall–Kier alpha value is -1.53. The van der Waals surface area contributed by atoms with Gasteiger partial charge in [0.05, 0.1) is 12.0 Å². The topological polar surface area (TPSA) is 61.4 Å². The Morgan fingerprint density at radius 1 is 1.47 bits per heavy atom. The van der Waals surface area contributed by atoms with E-state index < -0.39 is 23.1 Å². The molecule has 104 valence electrons. The molecule has 1 aliphatic heterocycles. The van der Waals surface area contributed by atoms with Crippen molar-refractivity contribution in [3.05, 3.63) is 35.4 Å². The number of hydrogen-bond donors (Lipinski definition) is 3. The lowest BCUT2D eigenvalue weighted by Crippen LogP contribution is -2.44. The van der Waals surface area contributed by atoms with Crippen molar-refractivity contribution in [2.24, 2.45) is 0 Å². The van der Waals surface area contributed by atoms with E-state index in [0.717, 1.165) is 12.1 Å². The van der Waals surface area contributed by atoms with E-state index in [1.165, 1.54) is 6.07 Å². The first kappa shape index (κ1) is 13.9. The number of rotatable bonds is 4. The molecule has 1 heterocycles. The largest absolute Gasteiger partial charge is 0.387 e. The number of β-amino-alcohol motifs (C(OH)–C–C–N with tert-alkyl or cyclic N) is 1. The van der Waals surface area contributed by atoms with E-state index in [1.807, 2.05) is 0 Å². The highest BCUT2D eigenvalue weighted by Gasteiger charge is 2.31. The Bertz CT molecular complexity index is 474. The van der Waals surface area contributed by atoms with E-state index in [1.54, 1.807) is 0 Å². The van der Waals surface area contributed by atoms with Gasteiger partial charge in [0.1, 0.15) is 11.6 Å². The number of amides is 1. The molecule has 0 bridgehead atoms. The van der Waals surface area contributed by atoms with E-state index in [0.29, 0.717) is 19.5 Å². The van der Waals surface area contributed by atoms with Crippen LogP contribution in [0.1, 0.15) is 12.0 Å². The molecule has 1 amide bonds. The van der Waals surface area contributed by atoms with Crippen molar-refractivity contribution in [3.63, 3.8) is 0 Å². The number of carbonyl (C=O) groups excluding carboxylic acids is 1. The Morgan fingerprint density at radius 2 is 2.26 bits per heavy atom. The van der Waals surface area contributed by atoms with Gasteiger partial charge in [-0.3, -0.25) is 4.79 Å². The number of benzene rings is 1. The van der Waals surface area contributed by atoms with Crippen molar-refractivity contribution in [2.45, 2.75) is 18.4 Å². The van der Waals surface area contributed by atoms with Gasteiger partial charge in [0.15, 0.2) is 0 Å². The van der Waals surface area contributed by atoms with Crippen LogP contribution in [0.2, 0.25) is 0 Å². The molecule has 0 spiro atoms. The third-order valence-electron chi connectivity index (χ3n) is 3.20. The van der Waals surface area contributed by atoms with Gasteiger partial charge < -0.3 is 15.7 Å². The van der Waals surface area contributed by atoms with Crippen molar-refractivity contribution < 1.29 is 18.7 Å². The van der Waals surface area contributed by atoms with Crippen LogP contribution in [-0.4, -0.2) is 36.2 Å². The van der Waals surface area contributed by atoms with Crippen molar-refractivity contribution in [2.75, 3.05) is 19.6 Å². The summed E-state index contributed by atoms with van der Waals surface area (Å²) in [6, 6.07) is 3.10. The maximum Gasteiger partial charge on any atom is 0.224 e. The van der Waals surface area contributed by atoms with Gasteiger partial charge in [0.2, 0.25) is 5.91 Å². The van der Waals surface area contributed by atoms with Crippen LogP contribution in [0.3, 0.4) is 0 Å². The average molecular weight is 270 g/mol. The molecule has 0 saturated carbocycles. The quantitative estimate of drug-likeness (QED) is 0.740. The van der Waals surface area contributed by atoms with Crippen molar-refractivity contribution in [1.29, 1.82) is 0 Å². The van der Waals surface area contributed by atoms with E-state index in [4.69, 9.17) is 0 Å². The number of hydrogen-bond acceptors (Lipinski definition) is 3. The molecule has 1 aliphatic rings. The predicted molar refractivity (Wildman–Crippen MR) is 65.5 cm³/mol. The van der Waals surface area contributed by atoms with E-state index in [2.05, 4.69) is 10.6 Å². The number of halogens is 2. The van der Waals surface area contributed by atoms with E-state index in [9.17, 15) is 18.7 Å². The molecule has 1 aromatic carbocycles. The van der Waals surface area contributed by atoms with Gasteiger partial charge >= 0.3 is 0 Å². The molecule has 1 atom stereocenters. The molecular weight excluding hydrogens is 254 g/mol. The van der Waals surface area contributed by atoms with E-state index in [-0.39, 0.29) is 18.5 Å². The zero-order chi connectivity index (χ0) is 13.9. The van der Waals surface area contributed by atoms with Crippen LogP contribution in [0, 0.1) is 11.6 Å². The zero-order valence-electron chi connectivity index (χ0n) is 10.4. The van der Waals surface area contributed by atoms with Crippen molar-refractivity contribution in [1.82, 2.24) is 10.6 Å². The molecule has 1 fully saturated rings. The molecule has 0 radical (unpaired) electrons. The molecule has 1 unspecified atom stereocenters. The van der Waals surface area contributed by atoms with Crippen LogP contribution in [0.4, 0.5) is 8.78 Å². The normalized spacial score (nSPS) is 22.5. The minimum Gasteiger partial charge on any atom is -0.387 e. The standard InChI is InChI=1S/C13H16F2N2O2/c14-10-2-1-9(11(15)6-10)5-12(18)17-8-13(19)3-4-16-7-13/h1-2,6,16,19H,3-5,7-8H2,(H,17,18). The molecule has 0 aromatic heterocycles. The maximum absolute atomic E-state index is 13.3. The van der Waals surface area contributed by atoms with Crippen LogP contribution in [0.25, 0.3) is 0 Å². The summed E-state index contributed by atoms with van der Waals surface area (Å²) < 4.78 is 26.1. The fraction of sp³-hybridized carbons (Fsp3) is 0.462. The highest BCUT2D eigenvalue weighted by molar-refractivity contribution is 5.78. The lowest BCUT2D eigenvalue weighted by atomic mass is 10.0. The molecule has 1 saturated heterocycles. The van der Waals surface area contributed by atoms with Crippen LogP contribution < -0.4 is 10.6 Å². The first-order valence-corrected chi connectivity index (χ1v) is 6.12. The van der Waals surface area contributed by atoms with Crippen LogP contribution in [0.15, 0.2) is 18.2 Å². The first-order chi connectivity index (χ1) is 8.98. The lowest BCUT2D eigenvalue weighted by Gasteiger charge is -2.21. The van der Waals surface area contributed by atoms with Gasteiger partial charge in [0.25, 0.3) is 0 Å². The molecule has 6 heteroatoms. The first-order valence-electron chi connectivity index (χ1n) is 6.12. The lowest BCUT2D eigenvalue weighted by molar-refractivity contribution is -0.121. The minimum atomic E-state index is -0.934. The van der Waals surface area contributed by atoms with Gasteiger partial charge in [-0.25, -0.2) is 8.78 Å². The SMILES string of the molecule is O=C(Cc1ccc(F)cc1F)NCC1(O)CCNC1. The monoisotopic (exact) mass is 270 g/mol. The summed E-state index contributed by atoms with van der Waals surface area (Å²) >= 11 is 0. The summed E-state index contributed by atoms with van der Waals surface area (Å²) in [6.45, 7) is 1.26. The summed E-state index contributed by atoms with van der Waals surface area (Å²) in [6.07, 6.45) is 0.397. The molecule has 19 heavy (non-hydrogen) atoms. The Kier molecular flexibility index (Phi) is 4.11. The smallest absolute Gasteiger partial charge is 0.224 e. The summed E-state index contributed by atoms with van der Waals surface area (Å²) in [4.78, 5) is 11.6. The fourth-order valence-electron chi connectivity index (χ4n) is 2.05. The zero-order valence-corrected chi connectivity index (χ0v) is 10.4. The van der Waals surface area contributed by atoms with Crippen LogP contribution in [0.5, 0.6) is 0 Å². The Morgan fingerprint density at radius 3 is 2.89 bits per heavy atom. The summed E-state index contributed by atoms with van der Waals surface area (Å²) in [5.74, 6) is -1.81. The van der Waals surface area contributed by atoms with Crippen LogP contribution >= 0.6 is 0 Å². The van der Waals surface area contributed by atoms with Gasteiger partial charge in [-0.2, -0.15) is 0 Å². The predicted octanol–water partition coefficient (Wildman–Crippen LogP) is 0.348. The summed E-state index contributed by atoms with van der Waals surface area (Å²) in [5, 5.41) is 15.6. The van der Waals surface area contributed by atoms with Gasteiger partial charge in [0, 0.05) is 19.2 Å². The average Bonchev–Trinajstić information content (AvgIpc) is 2.78. The molecule has 2 rings (SSSR count). The number of carbonyl (C=O) groups is 1. The van der Waals surface area contributed by atoms with E-state index >= 15 is 0 Å². The highest BCUT2D eigenvalue weighted by Crippen LogP contribution is 2.13. The third-order valence-corrected chi connectivity index (χ3v) is 3.20. The highest BCUT2D eigenvalue weighted by atomic mass is 19.1. The molecule has 4 nitrogen and oxygen atoms in total.